The molecule has 0 aliphatic carbocycles. The van der Waals surface area contributed by atoms with Crippen LogP contribution in [0.15, 0.2) is 36.7 Å². The first-order chi connectivity index (χ1) is 12.1. The molecule has 0 bridgehead atoms. The van der Waals surface area contributed by atoms with Crippen LogP contribution in [0.25, 0.3) is 0 Å². The van der Waals surface area contributed by atoms with Gasteiger partial charge >= 0.3 is 5.97 Å². The molecule has 25 heavy (non-hydrogen) atoms. The average molecular weight is 363 g/mol. The summed E-state index contributed by atoms with van der Waals surface area (Å²) in [4.78, 5) is 21.2. The fourth-order valence-corrected chi connectivity index (χ4v) is 2.89. The van der Waals surface area contributed by atoms with Crippen molar-refractivity contribution in [1.82, 2.24) is 14.9 Å². The standard InChI is InChI=1S/C17H19ClN4O3/c18-13-3-1-12(2-4-13)15(22-5-7-25-8-6-22)10-21-16-11-19-14(9-20-16)17(23)24/h1-4,9,11,15H,5-8,10H2,(H,20,21)(H,23,24). The third kappa shape index (κ3) is 4.66. The van der Waals surface area contributed by atoms with Crippen LogP contribution < -0.4 is 5.32 Å². The molecule has 0 amide bonds. The molecule has 1 atom stereocenters. The number of carbonyl (C=O) groups is 1. The number of nitrogens with one attached hydrogen (secondary N) is 1. The van der Waals surface area contributed by atoms with Gasteiger partial charge in [-0.3, -0.25) is 4.90 Å². The highest BCUT2D eigenvalue weighted by atomic mass is 35.5. The smallest absolute Gasteiger partial charge is 0.356 e. The number of rotatable bonds is 6. The molecular formula is C17H19ClN4O3. The number of carboxylic acids is 1. The molecule has 1 aromatic heterocycles. The van der Waals surface area contributed by atoms with Crippen LogP contribution in [0.1, 0.15) is 22.1 Å². The number of hydrogen-bond donors (Lipinski definition) is 2. The Morgan fingerprint density at radius 1 is 1.24 bits per heavy atom. The highest BCUT2D eigenvalue weighted by molar-refractivity contribution is 6.30. The van der Waals surface area contributed by atoms with E-state index in [9.17, 15) is 4.79 Å². The summed E-state index contributed by atoms with van der Waals surface area (Å²) in [5.41, 5.74) is 1.07. The van der Waals surface area contributed by atoms with E-state index in [4.69, 9.17) is 21.4 Å². The first-order valence-corrected chi connectivity index (χ1v) is 8.38. The van der Waals surface area contributed by atoms with Crippen LogP contribution in [-0.4, -0.2) is 58.8 Å². The summed E-state index contributed by atoms with van der Waals surface area (Å²) in [7, 11) is 0. The average Bonchev–Trinajstić information content (AvgIpc) is 2.64. The van der Waals surface area contributed by atoms with Gasteiger partial charge in [-0.1, -0.05) is 23.7 Å². The predicted molar refractivity (Wildman–Crippen MR) is 94.1 cm³/mol. The van der Waals surface area contributed by atoms with Gasteiger partial charge in [0.2, 0.25) is 0 Å². The number of nitrogens with zero attached hydrogens (tertiary/aromatic N) is 3. The molecule has 2 aromatic rings. The van der Waals surface area contributed by atoms with E-state index >= 15 is 0 Å². The van der Waals surface area contributed by atoms with Crippen LogP contribution in [0, 0.1) is 0 Å². The number of aromatic carboxylic acids is 1. The van der Waals surface area contributed by atoms with Crippen molar-refractivity contribution in [2.45, 2.75) is 6.04 Å². The molecule has 1 aromatic carbocycles. The van der Waals surface area contributed by atoms with E-state index < -0.39 is 5.97 Å². The number of benzene rings is 1. The molecule has 0 radical (unpaired) electrons. The Morgan fingerprint density at radius 2 is 1.96 bits per heavy atom. The minimum Gasteiger partial charge on any atom is -0.476 e. The molecule has 7 nitrogen and oxygen atoms in total. The summed E-state index contributed by atoms with van der Waals surface area (Å²) in [6, 6.07) is 7.92. The van der Waals surface area contributed by atoms with Gasteiger partial charge < -0.3 is 15.2 Å². The minimum absolute atomic E-state index is 0.0759. The van der Waals surface area contributed by atoms with Gasteiger partial charge in [-0.25, -0.2) is 14.8 Å². The fraction of sp³-hybridized carbons (Fsp3) is 0.353. The molecule has 3 rings (SSSR count). The molecule has 132 valence electrons. The van der Waals surface area contributed by atoms with Crippen molar-refractivity contribution in [3.8, 4) is 0 Å². The zero-order valence-electron chi connectivity index (χ0n) is 13.6. The van der Waals surface area contributed by atoms with Crippen molar-refractivity contribution in [3.63, 3.8) is 0 Å². The molecule has 0 saturated carbocycles. The van der Waals surface area contributed by atoms with Crippen molar-refractivity contribution >= 4 is 23.4 Å². The van der Waals surface area contributed by atoms with E-state index in [1.807, 2.05) is 24.3 Å². The molecule has 1 fully saturated rings. The molecule has 8 heteroatoms. The summed E-state index contributed by atoms with van der Waals surface area (Å²) in [6.07, 6.45) is 2.68. The van der Waals surface area contributed by atoms with Crippen molar-refractivity contribution in [1.29, 1.82) is 0 Å². The number of halogens is 1. The zero-order valence-corrected chi connectivity index (χ0v) is 14.3. The second-order valence-electron chi connectivity index (χ2n) is 5.69. The van der Waals surface area contributed by atoms with Gasteiger partial charge in [0.1, 0.15) is 5.82 Å². The maximum absolute atomic E-state index is 10.8. The van der Waals surface area contributed by atoms with E-state index in [1.165, 1.54) is 12.4 Å². The molecule has 2 heterocycles. The lowest BCUT2D eigenvalue weighted by Crippen LogP contribution is -2.41. The number of ether oxygens (including phenoxy) is 1. The van der Waals surface area contributed by atoms with Crippen molar-refractivity contribution in [2.24, 2.45) is 0 Å². The lowest BCUT2D eigenvalue weighted by Gasteiger charge is -2.35. The number of aromatic nitrogens is 2. The Bertz CT molecular complexity index is 703. The van der Waals surface area contributed by atoms with Crippen molar-refractivity contribution < 1.29 is 14.6 Å². The molecular weight excluding hydrogens is 344 g/mol. The Balaban J connectivity index is 1.72. The quantitative estimate of drug-likeness (QED) is 0.815. The van der Waals surface area contributed by atoms with Gasteiger partial charge in [-0.05, 0) is 17.7 Å². The minimum atomic E-state index is -1.09. The summed E-state index contributed by atoms with van der Waals surface area (Å²) in [5.74, 6) is -0.552. The Labute approximate surface area is 150 Å². The van der Waals surface area contributed by atoms with E-state index in [2.05, 4.69) is 20.2 Å². The molecule has 1 aliphatic heterocycles. The van der Waals surface area contributed by atoms with Crippen LogP contribution in [-0.2, 0) is 4.74 Å². The van der Waals surface area contributed by atoms with Crippen LogP contribution in [0.2, 0.25) is 5.02 Å². The molecule has 1 saturated heterocycles. The summed E-state index contributed by atoms with van der Waals surface area (Å²) < 4.78 is 5.44. The van der Waals surface area contributed by atoms with Crippen LogP contribution in [0.5, 0.6) is 0 Å². The Morgan fingerprint density at radius 3 is 2.56 bits per heavy atom. The second kappa shape index (κ2) is 8.24. The topological polar surface area (TPSA) is 87.6 Å². The summed E-state index contributed by atoms with van der Waals surface area (Å²) >= 11 is 6.00. The van der Waals surface area contributed by atoms with Gasteiger partial charge in [0.25, 0.3) is 0 Å². The SMILES string of the molecule is O=C(O)c1cnc(NCC(c2ccc(Cl)cc2)N2CCOCC2)cn1. The van der Waals surface area contributed by atoms with E-state index in [0.29, 0.717) is 30.6 Å². The lowest BCUT2D eigenvalue weighted by molar-refractivity contribution is 0.0187. The van der Waals surface area contributed by atoms with Crippen molar-refractivity contribution in [3.05, 3.63) is 52.9 Å². The third-order valence-electron chi connectivity index (χ3n) is 4.09. The molecule has 2 N–H and O–H groups in total. The third-order valence-corrected chi connectivity index (χ3v) is 4.34. The molecule has 1 aliphatic rings. The van der Waals surface area contributed by atoms with Crippen LogP contribution in [0.3, 0.4) is 0 Å². The lowest BCUT2D eigenvalue weighted by atomic mass is 10.0. The number of anilines is 1. The van der Waals surface area contributed by atoms with Gasteiger partial charge in [0.15, 0.2) is 5.69 Å². The highest BCUT2D eigenvalue weighted by Gasteiger charge is 2.22. The predicted octanol–water partition coefficient (Wildman–Crippen LogP) is 2.31. The van der Waals surface area contributed by atoms with Crippen LogP contribution in [0.4, 0.5) is 5.82 Å². The van der Waals surface area contributed by atoms with Crippen molar-refractivity contribution in [2.75, 3.05) is 38.2 Å². The molecule has 1 unspecified atom stereocenters. The van der Waals surface area contributed by atoms with Gasteiger partial charge in [0.05, 0.1) is 31.6 Å². The van der Waals surface area contributed by atoms with Crippen LogP contribution >= 0.6 is 11.6 Å². The number of hydrogen-bond acceptors (Lipinski definition) is 6. The number of morpholine rings is 1. The summed E-state index contributed by atoms with van der Waals surface area (Å²) in [5, 5.41) is 12.8. The monoisotopic (exact) mass is 362 g/mol. The largest absolute Gasteiger partial charge is 0.476 e. The first-order valence-electron chi connectivity index (χ1n) is 8.00. The fourth-order valence-electron chi connectivity index (χ4n) is 2.76. The van der Waals surface area contributed by atoms with Gasteiger partial charge in [-0.2, -0.15) is 0 Å². The second-order valence-corrected chi connectivity index (χ2v) is 6.13. The highest BCUT2D eigenvalue weighted by Crippen LogP contribution is 2.24. The normalized spacial score (nSPS) is 16.4. The van der Waals surface area contributed by atoms with Gasteiger partial charge in [0, 0.05) is 24.7 Å². The molecule has 0 spiro atoms. The summed E-state index contributed by atoms with van der Waals surface area (Å²) in [6.45, 7) is 3.72. The number of carboxylic acid groups (broad SMARTS) is 1. The van der Waals surface area contributed by atoms with E-state index in [-0.39, 0.29) is 11.7 Å². The van der Waals surface area contributed by atoms with E-state index in [1.54, 1.807) is 0 Å². The first kappa shape index (κ1) is 17.6. The zero-order chi connectivity index (χ0) is 17.6. The van der Waals surface area contributed by atoms with E-state index in [0.717, 1.165) is 18.7 Å². The maximum atomic E-state index is 10.8. The Hall–Kier alpha value is -2.22. The Kier molecular flexibility index (Phi) is 5.80. The van der Waals surface area contributed by atoms with Gasteiger partial charge in [-0.15, -0.1) is 0 Å². The maximum Gasteiger partial charge on any atom is 0.356 e.